The second-order valence-corrected chi connectivity index (χ2v) is 5.39. The number of nitrogens with zero attached hydrogens (tertiary/aromatic N) is 1. The van der Waals surface area contributed by atoms with Gasteiger partial charge in [-0.25, -0.2) is 8.78 Å². The highest BCUT2D eigenvalue weighted by Crippen LogP contribution is 2.27. The van der Waals surface area contributed by atoms with Gasteiger partial charge in [-0.1, -0.05) is 6.92 Å². The molecule has 1 fully saturated rings. The van der Waals surface area contributed by atoms with Gasteiger partial charge in [-0.3, -0.25) is 0 Å². The third-order valence-electron chi connectivity index (χ3n) is 3.79. The van der Waals surface area contributed by atoms with Gasteiger partial charge in [-0.2, -0.15) is 0 Å². The molecule has 2 rings (SSSR count). The predicted molar refractivity (Wildman–Crippen MR) is 74.4 cm³/mol. The van der Waals surface area contributed by atoms with E-state index in [1.54, 1.807) is 6.07 Å². The molecule has 2 nitrogen and oxygen atoms in total. The van der Waals surface area contributed by atoms with E-state index in [-0.39, 0.29) is 0 Å². The first-order valence-corrected chi connectivity index (χ1v) is 7.03. The Balaban J connectivity index is 1.92. The SMILES string of the molecule is CCNC(C)CC1CCN(c2ccc(F)c(F)c2)C1. The van der Waals surface area contributed by atoms with Gasteiger partial charge < -0.3 is 10.2 Å². The van der Waals surface area contributed by atoms with Crippen LogP contribution in [0.2, 0.25) is 0 Å². The smallest absolute Gasteiger partial charge is 0.160 e. The van der Waals surface area contributed by atoms with Crippen LogP contribution in [0, 0.1) is 17.6 Å². The average molecular weight is 268 g/mol. The van der Waals surface area contributed by atoms with Gasteiger partial charge in [-0.05, 0) is 44.4 Å². The first-order valence-electron chi connectivity index (χ1n) is 7.03. The number of nitrogens with one attached hydrogen (secondary N) is 1. The Morgan fingerprint density at radius 1 is 1.37 bits per heavy atom. The molecule has 0 spiro atoms. The molecule has 0 radical (unpaired) electrons. The summed E-state index contributed by atoms with van der Waals surface area (Å²) in [6.45, 7) is 7.15. The largest absolute Gasteiger partial charge is 0.371 e. The van der Waals surface area contributed by atoms with Crippen LogP contribution in [0.1, 0.15) is 26.7 Å². The molecule has 19 heavy (non-hydrogen) atoms. The Bertz CT molecular complexity index is 423. The van der Waals surface area contributed by atoms with E-state index >= 15 is 0 Å². The lowest BCUT2D eigenvalue weighted by molar-refractivity contribution is 0.429. The van der Waals surface area contributed by atoms with Gasteiger partial charge in [0.05, 0.1) is 0 Å². The van der Waals surface area contributed by atoms with E-state index in [9.17, 15) is 8.78 Å². The molecule has 1 aliphatic rings. The molecule has 1 aromatic carbocycles. The summed E-state index contributed by atoms with van der Waals surface area (Å²) in [7, 11) is 0. The Hall–Kier alpha value is -1.16. The van der Waals surface area contributed by atoms with Crippen LogP contribution >= 0.6 is 0 Å². The number of rotatable bonds is 5. The molecule has 0 saturated carbocycles. The number of hydrogen-bond donors (Lipinski definition) is 1. The van der Waals surface area contributed by atoms with Crippen molar-refractivity contribution >= 4 is 5.69 Å². The first-order chi connectivity index (χ1) is 9.10. The van der Waals surface area contributed by atoms with Gasteiger partial charge in [-0.15, -0.1) is 0 Å². The maximum Gasteiger partial charge on any atom is 0.160 e. The molecule has 1 aromatic rings. The van der Waals surface area contributed by atoms with Crippen molar-refractivity contribution in [1.82, 2.24) is 5.32 Å². The zero-order valence-corrected chi connectivity index (χ0v) is 11.6. The highest BCUT2D eigenvalue weighted by atomic mass is 19.2. The molecule has 1 heterocycles. The zero-order valence-electron chi connectivity index (χ0n) is 11.6. The first kappa shape index (κ1) is 14.3. The van der Waals surface area contributed by atoms with Crippen molar-refractivity contribution in [2.24, 2.45) is 5.92 Å². The Morgan fingerprint density at radius 3 is 2.84 bits per heavy atom. The molecular formula is C15H22F2N2. The predicted octanol–water partition coefficient (Wildman–Crippen LogP) is 3.18. The fourth-order valence-corrected chi connectivity index (χ4v) is 2.87. The van der Waals surface area contributed by atoms with Crippen LogP contribution in [0.5, 0.6) is 0 Å². The van der Waals surface area contributed by atoms with Gasteiger partial charge in [0.25, 0.3) is 0 Å². The summed E-state index contributed by atoms with van der Waals surface area (Å²) < 4.78 is 26.1. The molecule has 0 amide bonds. The monoisotopic (exact) mass is 268 g/mol. The second-order valence-electron chi connectivity index (χ2n) is 5.39. The third-order valence-corrected chi connectivity index (χ3v) is 3.79. The van der Waals surface area contributed by atoms with E-state index in [1.165, 1.54) is 12.1 Å². The quantitative estimate of drug-likeness (QED) is 0.882. The van der Waals surface area contributed by atoms with Gasteiger partial charge in [0.2, 0.25) is 0 Å². The van der Waals surface area contributed by atoms with Crippen LogP contribution in [0.4, 0.5) is 14.5 Å². The van der Waals surface area contributed by atoms with Gasteiger partial charge in [0.1, 0.15) is 0 Å². The van der Waals surface area contributed by atoms with Crippen molar-refractivity contribution in [3.05, 3.63) is 29.8 Å². The molecule has 1 saturated heterocycles. The van der Waals surface area contributed by atoms with Gasteiger partial charge in [0.15, 0.2) is 11.6 Å². The summed E-state index contributed by atoms with van der Waals surface area (Å²) in [6, 6.07) is 4.68. The van der Waals surface area contributed by atoms with Crippen molar-refractivity contribution < 1.29 is 8.78 Å². The van der Waals surface area contributed by atoms with Crippen LogP contribution in [0.25, 0.3) is 0 Å². The van der Waals surface area contributed by atoms with Gasteiger partial charge in [0, 0.05) is 30.9 Å². The Kier molecular flexibility index (Phi) is 4.75. The summed E-state index contributed by atoms with van der Waals surface area (Å²) in [5, 5.41) is 3.42. The summed E-state index contributed by atoms with van der Waals surface area (Å²) >= 11 is 0. The van der Waals surface area contributed by atoms with Crippen LogP contribution in [0.3, 0.4) is 0 Å². The van der Waals surface area contributed by atoms with Crippen LogP contribution in [-0.4, -0.2) is 25.7 Å². The van der Waals surface area contributed by atoms with E-state index in [0.717, 1.165) is 38.2 Å². The van der Waals surface area contributed by atoms with Gasteiger partial charge >= 0.3 is 0 Å². The van der Waals surface area contributed by atoms with Crippen molar-refractivity contribution in [2.75, 3.05) is 24.5 Å². The minimum absolute atomic E-state index is 0.514. The van der Waals surface area contributed by atoms with E-state index in [4.69, 9.17) is 0 Å². The molecule has 0 bridgehead atoms. The van der Waals surface area contributed by atoms with Crippen molar-refractivity contribution in [2.45, 2.75) is 32.7 Å². The molecule has 2 unspecified atom stereocenters. The number of halogens is 2. The zero-order chi connectivity index (χ0) is 13.8. The second kappa shape index (κ2) is 6.33. The lowest BCUT2D eigenvalue weighted by Crippen LogP contribution is -2.29. The Morgan fingerprint density at radius 2 is 2.16 bits per heavy atom. The normalized spacial score (nSPS) is 20.8. The van der Waals surface area contributed by atoms with Crippen LogP contribution in [0.15, 0.2) is 18.2 Å². The van der Waals surface area contributed by atoms with E-state index in [2.05, 4.69) is 24.1 Å². The Labute approximate surface area is 113 Å². The fraction of sp³-hybridized carbons (Fsp3) is 0.600. The summed E-state index contributed by atoms with van der Waals surface area (Å²) in [4.78, 5) is 2.14. The van der Waals surface area contributed by atoms with E-state index in [1.807, 2.05) is 0 Å². The molecule has 1 N–H and O–H groups in total. The maximum absolute atomic E-state index is 13.2. The highest BCUT2D eigenvalue weighted by Gasteiger charge is 2.24. The molecule has 0 aliphatic carbocycles. The van der Waals surface area contributed by atoms with E-state index < -0.39 is 11.6 Å². The molecular weight excluding hydrogens is 246 g/mol. The number of hydrogen-bond acceptors (Lipinski definition) is 2. The minimum Gasteiger partial charge on any atom is -0.371 e. The lowest BCUT2D eigenvalue weighted by Gasteiger charge is -2.20. The third kappa shape index (κ3) is 3.66. The standard InChI is InChI=1S/C15H22F2N2/c1-3-18-11(2)8-12-6-7-19(10-12)13-4-5-14(16)15(17)9-13/h4-5,9,11-12,18H,3,6-8,10H2,1-2H3. The van der Waals surface area contributed by atoms with Crippen molar-refractivity contribution in [3.8, 4) is 0 Å². The maximum atomic E-state index is 13.2. The molecule has 0 aromatic heterocycles. The lowest BCUT2D eigenvalue weighted by atomic mass is 10.0. The molecule has 1 aliphatic heterocycles. The number of benzene rings is 1. The van der Waals surface area contributed by atoms with Crippen LogP contribution < -0.4 is 10.2 Å². The summed E-state index contributed by atoms with van der Waals surface area (Å²) in [6.07, 6.45) is 2.25. The summed E-state index contributed by atoms with van der Waals surface area (Å²) in [5.41, 5.74) is 0.789. The molecule has 106 valence electrons. The fourth-order valence-electron chi connectivity index (χ4n) is 2.87. The highest BCUT2D eigenvalue weighted by molar-refractivity contribution is 5.47. The number of anilines is 1. The van der Waals surface area contributed by atoms with E-state index in [0.29, 0.717) is 12.0 Å². The average Bonchev–Trinajstić information content (AvgIpc) is 2.81. The van der Waals surface area contributed by atoms with Crippen molar-refractivity contribution in [1.29, 1.82) is 0 Å². The molecule has 2 atom stereocenters. The van der Waals surface area contributed by atoms with Crippen LogP contribution in [-0.2, 0) is 0 Å². The van der Waals surface area contributed by atoms with Crippen molar-refractivity contribution in [3.63, 3.8) is 0 Å². The summed E-state index contributed by atoms with van der Waals surface area (Å²) in [5.74, 6) is -0.913. The molecule has 4 heteroatoms. The topological polar surface area (TPSA) is 15.3 Å². The minimum atomic E-state index is -0.778.